The van der Waals surface area contributed by atoms with Gasteiger partial charge in [0.1, 0.15) is 0 Å². The normalized spacial score (nSPS) is 22.5. The van der Waals surface area contributed by atoms with Crippen LogP contribution < -0.4 is 5.32 Å². The SMILES string of the molecule is CCNC(=NCCC(OCC)C(C)C)N1CCC(N2CC=CC2)C1.I. The number of nitrogens with one attached hydrogen (secondary N) is 1. The van der Waals surface area contributed by atoms with Crippen LogP contribution in [-0.4, -0.2) is 73.8 Å². The highest BCUT2D eigenvalue weighted by molar-refractivity contribution is 14.0. The summed E-state index contributed by atoms with van der Waals surface area (Å²) in [6.07, 6.45) is 7.10. The van der Waals surface area contributed by atoms with Crippen molar-refractivity contribution in [2.75, 3.05) is 45.9 Å². The summed E-state index contributed by atoms with van der Waals surface area (Å²) in [6, 6.07) is 0.663. The molecule has 2 rings (SSSR count). The lowest BCUT2D eigenvalue weighted by atomic mass is 10.0. The summed E-state index contributed by atoms with van der Waals surface area (Å²) < 4.78 is 5.84. The Labute approximate surface area is 171 Å². The number of rotatable bonds is 8. The van der Waals surface area contributed by atoms with Gasteiger partial charge in [0.2, 0.25) is 0 Å². The van der Waals surface area contributed by atoms with Gasteiger partial charge in [-0.3, -0.25) is 9.89 Å². The minimum Gasteiger partial charge on any atom is -0.378 e. The van der Waals surface area contributed by atoms with E-state index in [-0.39, 0.29) is 24.0 Å². The first-order valence-electron chi connectivity index (χ1n) is 9.69. The molecule has 2 aliphatic rings. The minimum absolute atomic E-state index is 0. The zero-order chi connectivity index (χ0) is 17.4. The van der Waals surface area contributed by atoms with Crippen molar-refractivity contribution < 1.29 is 4.74 Å². The first kappa shape index (κ1) is 22.7. The smallest absolute Gasteiger partial charge is 0.193 e. The van der Waals surface area contributed by atoms with E-state index in [2.05, 4.69) is 55.0 Å². The fraction of sp³-hybridized carbons (Fsp3) is 0.842. The van der Waals surface area contributed by atoms with Gasteiger partial charge in [0.25, 0.3) is 0 Å². The maximum atomic E-state index is 5.84. The summed E-state index contributed by atoms with van der Waals surface area (Å²) in [6.45, 7) is 15.6. The molecular weight excluding hydrogens is 427 g/mol. The van der Waals surface area contributed by atoms with E-state index in [4.69, 9.17) is 9.73 Å². The zero-order valence-corrected chi connectivity index (χ0v) is 18.7. The average molecular weight is 464 g/mol. The predicted molar refractivity (Wildman–Crippen MR) is 117 cm³/mol. The Morgan fingerprint density at radius 3 is 2.60 bits per heavy atom. The Balaban J connectivity index is 0.00000312. The molecule has 2 aliphatic heterocycles. The molecule has 1 N–H and O–H groups in total. The molecule has 2 unspecified atom stereocenters. The molecule has 0 amide bonds. The highest BCUT2D eigenvalue weighted by Gasteiger charge is 2.29. The van der Waals surface area contributed by atoms with E-state index in [1.54, 1.807) is 0 Å². The van der Waals surface area contributed by atoms with Crippen LogP contribution in [0.1, 0.15) is 40.5 Å². The minimum atomic E-state index is 0. The van der Waals surface area contributed by atoms with Crippen molar-refractivity contribution in [3.05, 3.63) is 12.2 Å². The number of nitrogens with zero attached hydrogens (tertiary/aromatic N) is 3. The molecule has 0 aromatic heterocycles. The van der Waals surface area contributed by atoms with Gasteiger partial charge < -0.3 is 15.0 Å². The molecule has 146 valence electrons. The van der Waals surface area contributed by atoms with Crippen LogP contribution in [0.15, 0.2) is 17.1 Å². The number of hydrogen-bond donors (Lipinski definition) is 1. The summed E-state index contributed by atoms with van der Waals surface area (Å²) in [4.78, 5) is 9.87. The Morgan fingerprint density at radius 1 is 1.28 bits per heavy atom. The molecule has 5 nitrogen and oxygen atoms in total. The van der Waals surface area contributed by atoms with Crippen LogP contribution >= 0.6 is 24.0 Å². The molecule has 0 aromatic rings. The number of ether oxygens (including phenoxy) is 1. The molecule has 2 heterocycles. The number of guanidine groups is 1. The largest absolute Gasteiger partial charge is 0.378 e. The average Bonchev–Trinajstić information content (AvgIpc) is 3.23. The van der Waals surface area contributed by atoms with Crippen molar-refractivity contribution in [3.63, 3.8) is 0 Å². The van der Waals surface area contributed by atoms with Crippen molar-refractivity contribution in [2.24, 2.45) is 10.9 Å². The van der Waals surface area contributed by atoms with Crippen molar-refractivity contribution >= 4 is 29.9 Å². The van der Waals surface area contributed by atoms with E-state index in [1.807, 2.05) is 0 Å². The summed E-state index contributed by atoms with van der Waals surface area (Å²) in [7, 11) is 0. The number of likely N-dealkylation sites (tertiary alicyclic amines) is 1. The fourth-order valence-electron chi connectivity index (χ4n) is 3.57. The van der Waals surface area contributed by atoms with Gasteiger partial charge >= 0.3 is 0 Å². The molecule has 6 heteroatoms. The van der Waals surface area contributed by atoms with Crippen LogP contribution in [0.4, 0.5) is 0 Å². The zero-order valence-electron chi connectivity index (χ0n) is 16.4. The van der Waals surface area contributed by atoms with Gasteiger partial charge in [-0.05, 0) is 32.6 Å². The molecule has 0 spiro atoms. The van der Waals surface area contributed by atoms with Gasteiger partial charge in [-0.2, -0.15) is 0 Å². The van der Waals surface area contributed by atoms with Gasteiger partial charge in [-0.15, -0.1) is 24.0 Å². The lowest BCUT2D eigenvalue weighted by Crippen LogP contribution is -2.43. The topological polar surface area (TPSA) is 40.1 Å². The maximum Gasteiger partial charge on any atom is 0.193 e. The molecule has 0 aromatic carbocycles. The quantitative estimate of drug-likeness (QED) is 0.260. The van der Waals surface area contributed by atoms with Gasteiger partial charge in [0.15, 0.2) is 5.96 Å². The second-order valence-corrected chi connectivity index (χ2v) is 7.08. The van der Waals surface area contributed by atoms with Crippen LogP contribution in [-0.2, 0) is 4.74 Å². The molecular formula is C19H37IN4O. The number of hydrogen-bond acceptors (Lipinski definition) is 3. The second kappa shape index (κ2) is 12.1. The van der Waals surface area contributed by atoms with Crippen LogP contribution in [0, 0.1) is 5.92 Å². The van der Waals surface area contributed by atoms with Gasteiger partial charge in [-0.25, -0.2) is 0 Å². The van der Waals surface area contributed by atoms with Crippen LogP contribution in [0.5, 0.6) is 0 Å². The molecule has 0 saturated carbocycles. The van der Waals surface area contributed by atoms with E-state index in [0.717, 1.165) is 58.3 Å². The summed E-state index contributed by atoms with van der Waals surface area (Å²) in [5.41, 5.74) is 0. The van der Waals surface area contributed by atoms with Crippen molar-refractivity contribution in [3.8, 4) is 0 Å². The van der Waals surface area contributed by atoms with Crippen molar-refractivity contribution in [1.82, 2.24) is 15.1 Å². The van der Waals surface area contributed by atoms with E-state index >= 15 is 0 Å². The first-order valence-corrected chi connectivity index (χ1v) is 9.69. The number of aliphatic imine (C=N–C) groups is 1. The van der Waals surface area contributed by atoms with E-state index in [1.165, 1.54) is 6.42 Å². The van der Waals surface area contributed by atoms with E-state index < -0.39 is 0 Å². The Kier molecular flexibility index (Phi) is 11.0. The molecule has 0 aliphatic carbocycles. The molecule has 0 radical (unpaired) electrons. The van der Waals surface area contributed by atoms with Gasteiger partial charge in [0.05, 0.1) is 6.10 Å². The Bertz CT molecular complexity index is 420. The molecule has 0 bridgehead atoms. The van der Waals surface area contributed by atoms with E-state index in [9.17, 15) is 0 Å². The molecule has 1 saturated heterocycles. The Morgan fingerprint density at radius 2 is 2.00 bits per heavy atom. The molecule has 1 fully saturated rings. The summed E-state index contributed by atoms with van der Waals surface area (Å²) >= 11 is 0. The third-order valence-electron chi connectivity index (χ3n) is 4.96. The van der Waals surface area contributed by atoms with Crippen molar-refractivity contribution in [1.29, 1.82) is 0 Å². The first-order chi connectivity index (χ1) is 11.7. The lowest BCUT2D eigenvalue weighted by Gasteiger charge is -2.26. The van der Waals surface area contributed by atoms with Crippen LogP contribution in [0.25, 0.3) is 0 Å². The highest BCUT2D eigenvalue weighted by Crippen LogP contribution is 2.18. The van der Waals surface area contributed by atoms with E-state index in [0.29, 0.717) is 18.1 Å². The third kappa shape index (κ3) is 7.06. The third-order valence-corrected chi connectivity index (χ3v) is 4.96. The van der Waals surface area contributed by atoms with Gasteiger partial charge in [0, 0.05) is 51.9 Å². The maximum absolute atomic E-state index is 5.84. The molecule has 2 atom stereocenters. The monoisotopic (exact) mass is 464 g/mol. The van der Waals surface area contributed by atoms with Gasteiger partial charge in [-0.1, -0.05) is 26.0 Å². The second-order valence-electron chi connectivity index (χ2n) is 7.08. The molecule has 25 heavy (non-hydrogen) atoms. The standard InChI is InChI=1S/C19H36N4O.HI/c1-5-20-19(21-11-9-18(16(3)4)24-6-2)23-14-10-17(15-23)22-12-7-8-13-22;/h7-8,16-18H,5-6,9-15H2,1-4H3,(H,20,21);1H. The van der Waals surface area contributed by atoms with Crippen LogP contribution in [0.2, 0.25) is 0 Å². The number of halogens is 1. The van der Waals surface area contributed by atoms with Crippen molar-refractivity contribution in [2.45, 2.75) is 52.7 Å². The summed E-state index contributed by atoms with van der Waals surface area (Å²) in [5, 5.41) is 3.47. The lowest BCUT2D eigenvalue weighted by molar-refractivity contribution is 0.0266. The Hall–Kier alpha value is -0.340. The highest BCUT2D eigenvalue weighted by atomic mass is 127. The predicted octanol–water partition coefficient (Wildman–Crippen LogP) is 2.97. The van der Waals surface area contributed by atoms with Crippen LogP contribution in [0.3, 0.4) is 0 Å². The fourth-order valence-corrected chi connectivity index (χ4v) is 3.57. The summed E-state index contributed by atoms with van der Waals surface area (Å²) in [5.74, 6) is 1.62.